The number of hydrogen-bond donors (Lipinski definition) is 0. The van der Waals surface area contributed by atoms with Crippen LogP contribution >= 0.6 is 0 Å². The van der Waals surface area contributed by atoms with Gasteiger partial charge in [-0.05, 0) is 59.8 Å². The van der Waals surface area contributed by atoms with Gasteiger partial charge in [0.15, 0.2) is 23.1 Å². The first kappa shape index (κ1) is 36.2. The van der Waals surface area contributed by atoms with Crippen molar-refractivity contribution >= 4 is 22.9 Å². The number of ketones is 2. The summed E-state index contributed by atoms with van der Waals surface area (Å²) in [7, 11) is 1.44. The molecule has 3 aromatic rings. The highest BCUT2D eigenvalue weighted by molar-refractivity contribution is 6.07. The minimum atomic E-state index is -0.740. The lowest BCUT2D eigenvalue weighted by atomic mass is 9.63. The topological polar surface area (TPSA) is 142 Å². The van der Waals surface area contributed by atoms with Gasteiger partial charge in [-0.25, -0.2) is 0 Å². The Balaban J connectivity index is 1.54. The number of rotatable bonds is 11. The molecule has 0 saturated carbocycles. The molecule has 0 radical (unpaired) electrons. The van der Waals surface area contributed by atoms with Crippen molar-refractivity contribution in [3.05, 3.63) is 133 Å². The fourth-order valence-corrected chi connectivity index (χ4v) is 7.92. The molecule has 3 aromatic carbocycles. The van der Waals surface area contributed by atoms with Gasteiger partial charge < -0.3 is 14.4 Å². The second-order valence-electron chi connectivity index (χ2n) is 15.4. The number of carbonyl (C=O) groups is 2. The molecule has 0 fully saturated rings. The molecule has 0 unspecified atom stereocenters. The molecule has 2 aliphatic carbocycles. The first-order chi connectivity index (χ1) is 24.6. The van der Waals surface area contributed by atoms with Crippen molar-refractivity contribution in [2.24, 2.45) is 10.8 Å². The molecule has 270 valence electrons. The maximum absolute atomic E-state index is 14.4. The van der Waals surface area contributed by atoms with Gasteiger partial charge in [0.1, 0.15) is 0 Å². The third-order valence-corrected chi connectivity index (χ3v) is 10.1. The number of non-ortho nitro benzene ring substituents is 1. The second kappa shape index (κ2) is 13.9. The van der Waals surface area contributed by atoms with Crippen LogP contribution in [0, 0.1) is 31.1 Å². The zero-order chi connectivity index (χ0) is 37.5. The molecule has 0 bridgehead atoms. The van der Waals surface area contributed by atoms with E-state index in [4.69, 9.17) is 9.47 Å². The van der Waals surface area contributed by atoms with Gasteiger partial charge in [-0.1, -0.05) is 70.2 Å². The van der Waals surface area contributed by atoms with Crippen molar-refractivity contribution in [3.63, 3.8) is 0 Å². The average Bonchev–Trinajstić information content (AvgIpc) is 3.07. The average molecular weight is 706 g/mol. The highest BCUT2D eigenvalue weighted by Crippen LogP contribution is 2.55. The molecule has 6 rings (SSSR count). The van der Waals surface area contributed by atoms with E-state index in [1.165, 1.54) is 18.7 Å². The highest BCUT2D eigenvalue weighted by Gasteiger charge is 2.49. The van der Waals surface area contributed by atoms with Crippen molar-refractivity contribution in [1.82, 2.24) is 4.90 Å². The molecule has 52 heavy (non-hydrogen) atoms. The SMILES string of the molecule is C=CCc1cc(C2C3=C(CC(C)(C)CC3=O)N(CCc3ccccc3)C3=C2C(=O)CC(C)(C)C3)cc(OC)c1Oc1ccc([N+](=O)[O-])cc1[N+](=O)[O-]. The number of methoxy groups -OCH3 is 1. The van der Waals surface area contributed by atoms with Gasteiger partial charge in [0.05, 0.1) is 23.0 Å². The fraction of sp³-hybridized carbons (Fsp3) is 0.366. The summed E-state index contributed by atoms with van der Waals surface area (Å²) in [6.45, 7) is 12.9. The van der Waals surface area contributed by atoms with E-state index in [1.807, 2.05) is 24.3 Å². The van der Waals surface area contributed by atoms with Crippen LogP contribution in [0.15, 0.2) is 95.9 Å². The van der Waals surface area contributed by atoms with E-state index in [-0.39, 0.29) is 46.1 Å². The lowest BCUT2D eigenvalue weighted by Crippen LogP contribution is -2.45. The molecular weight excluding hydrogens is 662 g/mol. The van der Waals surface area contributed by atoms with Crippen molar-refractivity contribution < 1.29 is 28.9 Å². The smallest absolute Gasteiger partial charge is 0.318 e. The van der Waals surface area contributed by atoms with Crippen molar-refractivity contribution in [2.75, 3.05) is 13.7 Å². The molecule has 0 atom stereocenters. The Morgan fingerprint density at radius 3 is 2.00 bits per heavy atom. The van der Waals surface area contributed by atoms with Crippen molar-refractivity contribution in [3.8, 4) is 17.2 Å². The van der Waals surface area contributed by atoms with Crippen LogP contribution in [0.4, 0.5) is 11.4 Å². The first-order valence-corrected chi connectivity index (χ1v) is 17.4. The standard InChI is InChI=1S/C41H43N3O8/c1-7-11-26-18-27(19-35(51-6)39(26)52-34-15-14-28(43(47)48)20-29(34)44(49)50)36-37-30(21-40(2,3)23-32(37)45)42(17-16-25-12-9-8-10-13-25)31-22-41(4,5)24-33(46)38(31)36/h7-10,12-15,18-20,36H,1,11,16-17,21-24H2,2-6H3. The fourth-order valence-electron chi connectivity index (χ4n) is 7.92. The molecule has 0 aromatic heterocycles. The Morgan fingerprint density at radius 1 is 0.846 bits per heavy atom. The Kier molecular flexibility index (Phi) is 9.65. The van der Waals surface area contributed by atoms with Crippen LogP contribution in [0.25, 0.3) is 0 Å². The maximum atomic E-state index is 14.4. The summed E-state index contributed by atoms with van der Waals surface area (Å²) in [5.74, 6) is -0.482. The van der Waals surface area contributed by atoms with Crippen LogP contribution in [-0.2, 0) is 22.4 Å². The Hall–Kier alpha value is -5.58. The number of nitro benzene ring substituents is 2. The summed E-state index contributed by atoms with van der Waals surface area (Å²) in [5.41, 5.74) is 3.90. The normalized spacial score (nSPS) is 18.1. The van der Waals surface area contributed by atoms with Gasteiger partial charge in [0.25, 0.3) is 5.69 Å². The Bertz CT molecular complexity index is 2010. The molecule has 11 nitrogen and oxygen atoms in total. The Labute approximate surface area is 302 Å². The monoisotopic (exact) mass is 705 g/mol. The molecule has 0 amide bonds. The number of allylic oxidation sites excluding steroid dienone is 5. The molecule has 1 aliphatic heterocycles. The Morgan fingerprint density at radius 2 is 1.46 bits per heavy atom. The molecule has 0 spiro atoms. The minimum Gasteiger partial charge on any atom is -0.493 e. The summed E-state index contributed by atoms with van der Waals surface area (Å²) in [5, 5.41) is 23.3. The zero-order valence-electron chi connectivity index (χ0n) is 30.2. The quantitative estimate of drug-likeness (QED) is 0.109. The summed E-state index contributed by atoms with van der Waals surface area (Å²) in [6.07, 6.45) is 4.63. The van der Waals surface area contributed by atoms with Crippen LogP contribution in [0.5, 0.6) is 17.2 Å². The van der Waals surface area contributed by atoms with Crippen LogP contribution in [0.1, 0.15) is 76.0 Å². The molecule has 1 heterocycles. The van der Waals surface area contributed by atoms with Gasteiger partial charge in [-0.3, -0.25) is 29.8 Å². The summed E-state index contributed by atoms with van der Waals surface area (Å²) >= 11 is 0. The van der Waals surface area contributed by atoms with Crippen LogP contribution in [0.2, 0.25) is 0 Å². The summed E-state index contributed by atoms with van der Waals surface area (Å²) < 4.78 is 12.0. The van der Waals surface area contributed by atoms with Crippen molar-refractivity contribution in [2.45, 2.75) is 72.1 Å². The maximum Gasteiger partial charge on any atom is 0.318 e. The number of carbonyl (C=O) groups excluding carboxylic acids is 2. The third-order valence-electron chi connectivity index (χ3n) is 10.1. The number of hydrogen-bond acceptors (Lipinski definition) is 9. The van der Waals surface area contributed by atoms with E-state index >= 15 is 0 Å². The molecular formula is C41H43N3O8. The molecule has 0 N–H and O–H groups in total. The van der Waals surface area contributed by atoms with Gasteiger partial charge >= 0.3 is 5.69 Å². The summed E-state index contributed by atoms with van der Waals surface area (Å²) in [4.78, 5) is 52.9. The third kappa shape index (κ3) is 6.99. The predicted molar refractivity (Wildman–Crippen MR) is 196 cm³/mol. The van der Waals surface area contributed by atoms with Gasteiger partial charge in [-0.2, -0.15) is 0 Å². The van der Waals surface area contributed by atoms with Gasteiger partial charge in [0.2, 0.25) is 5.75 Å². The second-order valence-corrected chi connectivity index (χ2v) is 15.4. The first-order valence-electron chi connectivity index (χ1n) is 17.4. The van der Waals surface area contributed by atoms with E-state index in [0.29, 0.717) is 54.5 Å². The van der Waals surface area contributed by atoms with E-state index < -0.39 is 27.1 Å². The van der Waals surface area contributed by atoms with E-state index in [9.17, 15) is 29.8 Å². The largest absolute Gasteiger partial charge is 0.493 e. The van der Waals surface area contributed by atoms with E-state index in [0.717, 1.165) is 29.9 Å². The zero-order valence-corrected chi connectivity index (χ0v) is 30.2. The van der Waals surface area contributed by atoms with E-state index in [1.54, 1.807) is 12.1 Å². The van der Waals surface area contributed by atoms with Crippen molar-refractivity contribution in [1.29, 1.82) is 0 Å². The van der Waals surface area contributed by atoms with Crippen LogP contribution in [0.3, 0.4) is 0 Å². The number of nitrogens with zero attached hydrogens (tertiary/aromatic N) is 3. The molecule has 3 aliphatic rings. The lowest BCUT2D eigenvalue weighted by Gasteiger charge is -2.49. The van der Waals surface area contributed by atoms with Crippen LogP contribution in [-0.4, -0.2) is 40.0 Å². The highest BCUT2D eigenvalue weighted by atomic mass is 16.6. The number of benzene rings is 3. The number of ether oxygens (including phenoxy) is 2. The van der Waals surface area contributed by atoms with Gasteiger partial charge in [0, 0.05) is 59.5 Å². The lowest BCUT2D eigenvalue weighted by molar-refractivity contribution is -0.394. The number of Topliss-reactive ketones (excluding diaryl/α,β-unsaturated/α-hetero) is 2. The van der Waals surface area contributed by atoms with Crippen LogP contribution < -0.4 is 9.47 Å². The molecule has 0 saturated heterocycles. The minimum absolute atomic E-state index is 0.00351. The summed E-state index contributed by atoms with van der Waals surface area (Å²) in [6, 6.07) is 17.0. The van der Waals surface area contributed by atoms with Gasteiger partial charge in [-0.15, -0.1) is 6.58 Å². The predicted octanol–water partition coefficient (Wildman–Crippen LogP) is 8.96. The molecule has 11 heteroatoms. The number of nitro groups is 2. The van der Waals surface area contributed by atoms with E-state index in [2.05, 4.69) is 51.3 Å².